The number of rotatable bonds is 6. The van der Waals surface area contributed by atoms with Gasteiger partial charge in [-0.1, -0.05) is 18.2 Å². The monoisotopic (exact) mass is 318 g/mol. The number of aliphatic carboxylic acids is 1. The smallest absolute Gasteiger partial charge is 0.303 e. The number of nitrogens with zero attached hydrogens (tertiary/aromatic N) is 2. The Hall–Kier alpha value is -2.04. The Labute approximate surface area is 137 Å². The highest BCUT2D eigenvalue weighted by atomic mass is 16.4. The van der Waals surface area contributed by atoms with Crippen LogP contribution in [-0.4, -0.2) is 48.6 Å². The number of para-hydroxylation sites is 1. The standard InChI is InChI=1S/C18H26N2O3/c1-14(21)20-11-9-15(12-18(22)23)16(13-20)8-10-19(2)17-6-4-3-5-7-17/h3-7,15-16H,8-13H2,1-2H3,(H,22,23). The van der Waals surface area contributed by atoms with Crippen molar-refractivity contribution in [3.8, 4) is 0 Å². The molecule has 1 aliphatic heterocycles. The topological polar surface area (TPSA) is 60.9 Å². The van der Waals surface area contributed by atoms with E-state index in [-0.39, 0.29) is 24.2 Å². The first kappa shape index (κ1) is 17.3. The number of hydrogen-bond acceptors (Lipinski definition) is 3. The molecule has 5 heteroatoms. The van der Waals surface area contributed by atoms with E-state index in [0.717, 1.165) is 25.1 Å². The van der Waals surface area contributed by atoms with Crippen molar-refractivity contribution >= 4 is 17.6 Å². The van der Waals surface area contributed by atoms with Crippen LogP contribution in [0.25, 0.3) is 0 Å². The molecule has 0 aliphatic carbocycles. The van der Waals surface area contributed by atoms with E-state index in [1.807, 2.05) is 30.1 Å². The fourth-order valence-electron chi connectivity index (χ4n) is 3.36. The van der Waals surface area contributed by atoms with Crippen LogP contribution in [0.3, 0.4) is 0 Å². The lowest BCUT2D eigenvalue weighted by molar-refractivity contribution is -0.139. The van der Waals surface area contributed by atoms with E-state index in [1.165, 1.54) is 0 Å². The van der Waals surface area contributed by atoms with Crippen LogP contribution in [0, 0.1) is 11.8 Å². The summed E-state index contributed by atoms with van der Waals surface area (Å²) in [5.74, 6) is -0.255. The SMILES string of the molecule is CC(=O)N1CCC(CC(=O)O)C(CCN(C)c2ccccc2)C1. The van der Waals surface area contributed by atoms with Gasteiger partial charge in [-0.15, -0.1) is 0 Å². The molecule has 1 amide bonds. The predicted molar refractivity (Wildman–Crippen MR) is 90.4 cm³/mol. The average molecular weight is 318 g/mol. The van der Waals surface area contributed by atoms with E-state index in [9.17, 15) is 9.59 Å². The lowest BCUT2D eigenvalue weighted by Gasteiger charge is -2.38. The van der Waals surface area contributed by atoms with Gasteiger partial charge in [-0.3, -0.25) is 9.59 Å². The second kappa shape index (κ2) is 7.99. The minimum atomic E-state index is -0.743. The maximum absolute atomic E-state index is 11.6. The largest absolute Gasteiger partial charge is 0.481 e. The number of anilines is 1. The second-order valence-electron chi connectivity index (χ2n) is 6.42. The molecule has 126 valence electrons. The third-order valence-corrected chi connectivity index (χ3v) is 4.81. The number of benzene rings is 1. The Kier molecular flexibility index (Phi) is 6.02. The molecule has 0 saturated carbocycles. The zero-order valence-electron chi connectivity index (χ0n) is 13.9. The minimum absolute atomic E-state index is 0.0835. The van der Waals surface area contributed by atoms with Crippen molar-refractivity contribution in [1.29, 1.82) is 0 Å². The molecule has 1 aromatic carbocycles. The molecular weight excluding hydrogens is 292 g/mol. The summed E-state index contributed by atoms with van der Waals surface area (Å²) in [5, 5.41) is 9.12. The summed E-state index contributed by atoms with van der Waals surface area (Å²) in [4.78, 5) is 26.8. The van der Waals surface area contributed by atoms with Crippen molar-refractivity contribution in [2.45, 2.75) is 26.2 Å². The number of carbonyl (C=O) groups excluding carboxylic acids is 1. The third-order valence-electron chi connectivity index (χ3n) is 4.81. The van der Waals surface area contributed by atoms with Gasteiger partial charge in [-0.2, -0.15) is 0 Å². The molecule has 23 heavy (non-hydrogen) atoms. The number of hydrogen-bond donors (Lipinski definition) is 1. The Morgan fingerprint density at radius 3 is 2.57 bits per heavy atom. The van der Waals surface area contributed by atoms with Gasteiger partial charge >= 0.3 is 5.97 Å². The highest BCUT2D eigenvalue weighted by molar-refractivity contribution is 5.73. The highest BCUT2D eigenvalue weighted by Crippen LogP contribution is 2.29. The minimum Gasteiger partial charge on any atom is -0.481 e. The maximum atomic E-state index is 11.6. The van der Waals surface area contributed by atoms with Crippen molar-refractivity contribution in [1.82, 2.24) is 4.90 Å². The Morgan fingerprint density at radius 1 is 1.26 bits per heavy atom. The zero-order valence-corrected chi connectivity index (χ0v) is 13.9. The van der Waals surface area contributed by atoms with Gasteiger partial charge in [-0.25, -0.2) is 0 Å². The van der Waals surface area contributed by atoms with Crippen molar-refractivity contribution in [3.05, 3.63) is 30.3 Å². The molecule has 1 aromatic rings. The fourth-order valence-corrected chi connectivity index (χ4v) is 3.36. The normalized spacial score (nSPS) is 21.0. The van der Waals surface area contributed by atoms with Crippen molar-refractivity contribution in [2.75, 3.05) is 31.6 Å². The first-order valence-corrected chi connectivity index (χ1v) is 8.21. The lowest BCUT2D eigenvalue weighted by atomic mass is 9.81. The first-order valence-electron chi connectivity index (χ1n) is 8.21. The molecule has 1 fully saturated rings. The number of carbonyl (C=O) groups is 2. The molecule has 0 bridgehead atoms. The summed E-state index contributed by atoms with van der Waals surface area (Å²) >= 11 is 0. The molecule has 2 unspecified atom stereocenters. The highest BCUT2D eigenvalue weighted by Gasteiger charge is 2.31. The van der Waals surface area contributed by atoms with E-state index < -0.39 is 5.97 Å². The molecule has 1 aliphatic rings. The van der Waals surface area contributed by atoms with Crippen molar-refractivity contribution in [2.24, 2.45) is 11.8 Å². The van der Waals surface area contributed by atoms with Gasteiger partial charge in [0.05, 0.1) is 0 Å². The van der Waals surface area contributed by atoms with E-state index in [1.54, 1.807) is 6.92 Å². The van der Waals surface area contributed by atoms with Crippen LogP contribution >= 0.6 is 0 Å². The number of amides is 1. The predicted octanol–water partition coefficient (Wildman–Crippen LogP) is 2.47. The van der Waals surface area contributed by atoms with Gasteiger partial charge in [0, 0.05) is 45.7 Å². The Morgan fingerprint density at radius 2 is 1.96 bits per heavy atom. The van der Waals surface area contributed by atoms with Crippen LogP contribution in [0.2, 0.25) is 0 Å². The van der Waals surface area contributed by atoms with Crippen LogP contribution in [-0.2, 0) is 9.59 Å². The number of carboxylic acid groups (broad SMARTS) is 1. The van der Waals surface area contributed by atoms with Gasteiger partial charge in [0.1, 0.15) is 0 Å². The van der Waals surface area contributed by atoms with E-state index in [0.29, 0.717) is 13.1 Å². The van der Waals surface area contributed by atoms with Crippen LogP contribution in [0.5, 0.6) is 0 Å². The molecule has 0 spiro atoms. The molecule has 0 aromatic heterocycles. The van der Waals surface area contributed by atoms with Crippen molar-refractivity contribution < 1.29 is 14.7 Å². The lowest BCUT2D eigenvalue weighted by Crippen LogP contribution is -2.44. The Balaban J connectivity index is 1.97. The summed E-state index contributed by atoms with van der Waals surface area (Å²) in [6.45, 7) is 3.80. The summed E-state index contributed by atoms with van der Waals surface area (Å²) in [5.41, 5.74) is 1.15. The molecule has 0 radical (unpaired) electrons. The molecule has 1 N–H and O–H groups in total. The summed E-state index contributed by atoms with van der Waals surface area (Å²) in [6, 6.07) is 10.1. The zero-order chi connectivity index (χ0) is 16.8. The molecule has 5 nitrogen and oxygen atoms in total. The number of likely N-dealkylation sites (tertiary alicyclic amines) is 1. The van der Waals surface area contributed by atoms with Crippen molar-refractivity contribution in [3.63, 3.8) is 0 Å². The van der Waals surface area contributed by atoms with Gasteiger partial charge in [0.25, 0.3) is 0 Å². The van der Waals surface area contributed by atoms with Gasteiger partial charge in [0.15, 0.2) is 0 Å². The summed E-state index contributed by atoms with van der Waals surface area (Å²) in [7, 11) is 2.05. The summed E-state index contributed by atoms with van der Waals surface area (Å²) in [6.07, 6.45) is 1.88. The third kappa shape index (κ3) is 4.98. The van der Waals surface area contributed by atoms with E-state index >= 15 is 0 Å². The maximum Gasteiger partial charge on any atom is 0.303 e. The van der Waals surface area contributed by atoms with Gasteiger partial charge < -0.3 is 14.9 Å². The van der Waals surface area contributed by atoms with E-state index in [4.69, 9.17) is 5.11 Å². The molecular formula is C18H26N2O3. The van der Waals surface area contributed by atoms with Crippen LogP contribution in [0.4, 0.5) is 5.69 Å². The number of carboxylic acids is 1. The van der Waals surface area contributed by atoms with Crippen LogP contribution in [0.15, 0.2) is 30.3 Å². The van der Waals surface area contributed by atoms with Crippen LogP contribution in [0.1, 0.15) is 26.2 Å². The van der Waals surface area contributed by atoms with Gasteiger partial charge in [-0.05, 0) is 36.8 Å². The molecule has 2 rings (SSSR count). The van der Waals surface area contributed by atoms with Gasteiger partial charge in [0.2, 0.25) is 5.91 Å². The second-order valence-corrected chi connectivity index (χ2v) is 6.42. The quantitative estimate of drug-likeness (QED) is 0.875. The fraction of sp³-hybridized carbons (Fsp3) is 0.556. The molecule has 2 atom stereocenters. The first-order chi connectivity index (χ1) is 11.0. The van der Waals surface area contributed by atoms with Crippen LogP contribution < -0.4 is 4.90 Å². The Bertz CT molecular complexity index is 532. The molecule has 1 heterocycles. The number of piperidine rings is 1. The summed E-state index contributed by atoms with van der Waals surface area (Å²) < 4.78 is 0. The average Bonchev–Trinajstić information content (AvgIpc) is 2.53. The molecule has 1 saturated heterocycles. The van der Waals surface area contributed by atoms with E-state index in [2.05, 4.69) is 17.0 Å².